The lowest BCUT2D eigenvalue weighted by atomic mass is 9.70. The Morgan fingerprint density at radius 2 is 1.58 bits per heavy atom. The minimum absolute atomic E-state index is 0.250. The number of halogens is 4. The molecule has 1 aliphatic heterocycles. The number of aliphatic hydroxyl groups is 1. The van der Waals surface area contributed by atoms with E-state index in [4.69, 9.17) is 11.6 Å². The van der Waals surface area contributed by atoms with Gasteiger partial charge in [0.2, 0.25) is 5.91 Å². The van der Waals surface area contributed by atoms with Crippen LogP contribution in [0, 0.1) is 6.92 Å². The average molecular weight is 452 g/mol. The fraction of sp³-hybridized carbons (Fsp3) is 0.391. The number of hydrogen-bond acceptors (Lipinski definition) is 3. The van der Waals surface area contributed by atoms with Crippen LogP contribution in [0.1, 0.15) is 42.7 Å². The van der Waals surface area contributed by atoms with Crippen LogP contribution in [0.2, 0.25) is 5.02 Å². The molecule has 1 atom stereocenters. The van der Waals surface area contributed by atoms with Crippen LogP contribution >= 0.6 is 11.6 Å². The van der Waals surface area contributed by atoms with Gasteiger partial charge in [-0.2, -0.15) is 13.2 Å². The summed E-state index contributed by atoms with van der Waals surface area (Å²) < 4.78 is 39.5. The SMILES string of the molecule is Cc1ccc(-c2ccc(Cl)cc2)cc1C1C(=O)NC2(CCC(O)(C(F)(F)F)CC2)C1=O. The minimum Gasteiger partial charge on any atom is -0.380 e. The summed E-state index contributed by atoms with van der Waals surface area (Å²) in [5, 5.41) is 13.2. The van der Waals surface area contributed by atoms with Crippen LogP contribution in [0.5, 0.6) is 0 Å². The Balaban J connectivity index is 1.64. The van der Waals surface area contributed by atoms with Crippen molar-refractivity contribution in [1.82, 2.24) is 5.32 Å². The first kappa shape index (κ1) is 21.8. The van der Waals surface area contributed by atoms with Gasteiger partial charge in [0.05, 0.1) is 5.54 Å². The molecule has 4 rings (SSSR count). The van der Waals surface area contributed by atoms with Gasteiger partial charge in [0, 0.05) is 5.02 Å². The molecule has 1 unspecified atom stereocenters. The second kappa shape index (κ2) is 7.35. The number of rotatable bonds is 2. The van der Waals surface area contributed by atoms with Crippen molar-refractivity contribution in [3.63, 3.8) is 0 Å². The molecule has 0 aromatic heterocycles. The molecule has 2 fully saturated rings. The highest BCUT2D eigenvalue weighted by molar-refractivity contribution is 6.30. The van der Waals surface area contributed by atoms with Crippen molar-refractivity contribution in [3.8, 4) is 11.1 Å². The first-order chi connectivity index (χ1) is 14.5. The van der Waals surface area contributed by atoms with Crippen molar-refractivity contribution in [1.29, 1.82) is 0 Å². The van der Waals surface area contributed by atoms with Gasteiger partial charge < -0.3 is 10.4 Å². The second-order valence-corrected chi connectivity index (χ2v) is 8.91. The van der Waals surface area contributed by atoms with Crippen molar-refractivity contribution >= 4 is 23.3 Å². The summed E-state index contributed by atoms with van der Waals surface area (Å²) in [7, 11) is 0. The zero-order valence-electron chi connectivity index (χ0n) is 16.7. The van der Waals surface area contributed by atoms with Crippen LogP contribution in [0.3, 0.4) is 0 Å². The Labute approximate surface area is 182 Å². The van der Waals surface area contributed by atoms with Gasteiger partial charge in [-0.3, -0.25) is 9.59 Å². The maximum atomic E-state index is 13.3. The number of nitrogens with one attached hydrogen (secondary N) is 1. The van der Waals surface area contributed by atoms with Gasteiger partial charge in [-0.25, -0.2) is 0 Å². The van der Waals surface area contributed by atoms with Crippen molar-refractivity contribution in [2.45, 2.75) is 55.8 Å². The highest BCUT2D eigenvalue weighted by Crippen LogP contribution is 2.48. The smallest absolute Gasteiger partial charge is 0.380 e. The predicted molar refractivity (Wildman–Crippen MR) is 110 cm³/mol. The topological polar surface area (TPSA) is 66.4 Å². The third-order valence-corrected chi connectivity index (χ3v) is 6.84. The van der Waals surface area contributed by atoms with E-state index >= 15 is 0 Å². The molecule has 1 amide bonds. The molecule has 1 aliphatic carbocycles. The molecular formula is C23H21ClF3NO3. The fourth-order valence-electron chi connectivity index (χ4n) is 4.57. The van der Waals surface area contributed by atoms with Crippen LogP contribution in [0.4, 0.5) is 13.2 Å². The lowest BCUT2D eigenvalue weighted by Gasteiger charge is -2.41. The third-order valence-electron chi connectivity index (χ3n) is 6.58. The zero-order chi connectivity index (χ0) is 22.6. The summed E-state index contributed by atoms with van der Waals surface area (Å²) in [6.07, 6.45) is -6.53. The molecule has 8 heteroatoms. The Kier molecular flexibility index (Phi) is 5.17. The van der Waals surface area contributed by atoms with E-state index in [-0.39, 0.29) is 12.8 Å². The first-order valence-electron chi connectivity index (χ1n) is 9.98. The van der Waals surface area contributed by atoms with Gasteiger partial charge in [-0.15, -0.1) is 0 Å². The molecule has 2 aromatic carbocycles. The number of alkyl halides is 3. The van der Waals surface area contributed by atoms with Gasteiger partial charge in [0.1, 0.15) is 5.92 Å². The summed E-state index contributed by atoms with van der Waals surface area (Å²) in [6, 6.07) is 12.6. The number of carbonyl (C=O) groups is 2. The lowest BCUT2D eigenvalue weighted by molar-refractivity contribution is -0.272. The largest absolute Gasteiger partial charge is 0.417 e. The number of Topliss-reactive ketones (excluding diaryl/α,β-unsaturated/α-hetero) is 1. The van der Waals surface area contributed by atoms with Gasteiger partial charge >= 0.3 is 6.18 Å². The number of benzene rings is 2. The Bertz CT molecular complexity index is 1040. The Morgan fingerprint density at radius 1 is 1.00 bits per heavy atom. The summed E-state index contributed by atoms with van der Waals surface area (Å²) in [5.41, 5.74) is -1.27. The van der Waals surface area contributed by atoms with E-state index < -0.39 is 47.8 Å². The second-order valence-electron chi connectivity index (χ2n) is 8.48. The number of carbonyl (C=O) groups excluding carboxylic acids is 2. The van der Waals surface area contributed by atoms with Crippen LogP contribution in [0.15, 0.2) is 42.5 Å². The van der Waals surface area contributed by atoms with E-state index in [1.807, 2.05) is 24.3 Å². The van der Waals surface area contributed by atoms with Crippen LogP contribution in [-0.4, -0.2) is 34.1 Å². The van der Waals surface area contributed by atoms with E-state index in [0.717, 1.165) is 16.7 Å². The molecule has 164 valence electrons. The number of hydrogen-bond donors (Lipinski definition) is 2. The molecule has 1 heterocycles. The summed E-state index contributed by atoms with van der Waals surface area (Å²) in [5.74, 6) is -2.04. The Morgan fingerprint density at radius 3 is 2.16 bits per heavy atom. The average Bonchev–Trinajstić information content (AvgIpc) is 2.94. The van der Waals surface area contributed by atoms with E-state index in [1.165, 1.54) is 0 Å². The predicted octanol–water partition coefficient (Wildman–Crippen LogP) is 4.70. The number of ketones is 1. The third kappa shape index (κ3) is 3.64. The van der Waals surface area contributed by atoms with Crippen LogP contribution in [-0.2, 0) is 9.59 Å². The van der Waals surface area contributed by atoms with E-state index in [1.54, 1.807) is 25.1 Å². The minimum atomic E-state index is -4.77. The monoisotopic (exact) mass is 451 g/mol. The maximum Gasteiger partial charge on any atom is 0.417 e. The zero-order valence-corrected chi connectivity index (χ0v) is 17.5. The van der Waals surface area contributed by atoms with Gasteiger partial charge in [0.15, 0.2) is 11.4 Å². The molecule has 2 N–H and O–H groups in total. The standard InChI is InChI=1S/C23H21ClF3NO3/c1-13-2-3-15(14-4-6-16(24)7-5-14)12-17(13)18-19(29)21(28-20(18)30)8-10-22(31,11-9-21)23(25,26)27/h2-7,12,18,31H,8-11H2,1H3,(H,28,30). The maximum absolute atomic E-state index is 13.3. The van der Waals surface area contributed by atoms with Crippen molar-refractivity contribution < 1.29 is 27.9 Å². The molecule has 1 saturated carbocycles. The van der Waals surface area contributed by atoms with Crippen LogP contribution in [0.25, 0.3) is 11.1 Å². The molecule has 0 bridgehead atoms. The molecular weight excluding hydrogens is 431 g/mol. The summed E-state index contributed by atoms with van der Waals surface area (Å²) >= 11 is 5.94. The summed E-state index contributed by atoms with van der Waals surface area (Å²) in [4.78, 5) is 26.2. The quantitative estimate of drug-likeness (QED) is 0.650. The van der Waals surface area contributed by atoms with E-state index in [2.05, 4.69) is 5.32 Å². The summed E-state index contributed by atoms with van der Waals surface area (Å²) in [6.45, 7) is 1.79. The molecule has 1 spiro atoms. The molecule has 0 radical (unpaired) electrons. The molecule has 2 aliphatic rings. The van der Waals surface area contributed by atoms with Crippen molar-refractivity contribution in [2.24, 2.45) is 0 Å². The molecule has 1 saturated heterocycles. The lowest BCUT2D eigenvalue weighted by Crippen LogP contribution is -2.57. The van der Waals surface area contributed by atoms with Gasteiger partial charge in [-0.1, -0.05) is 35.9 Å². The highest BCUT2D eigenvalue weighted by atomic mass is 35.5. The van der Waals surface area contributed by atoms with E-state index in [9.17, 15) is 27.9 Å². The van der Waals surface area contributed by atoms with E-state index in [0.29, 0.717) is 10.6 Å². The Hall–Kier alpha value is -2.38. The normalized spacial score (nSPS) is 28.8. The first-order valence-corrected chi connectivity index (χ1v) is 10.4. The molecule has 4 nitrogen and oxygen atoms in total. The van der Waals surface area contributed by atoms with Crippen molar-refractivity contribution in [2.75, 3.05) is 0 Å². The fourth-order valence-corrected chi connectivity index (χ4v) is 4.69. The van der Waals surface area contributed by atoms with Gasteiger partial charge in [0.25, 0.3) is 0 Å². The molecule has 31 heavy (non-hydrogen) atoms. The molecule has 2 aromatic rings. The number of amides is 1. The number of aryl methyl sites for hydroxylation is 1. The van der Waals surface area contributed by atoms with Gasteiger partial charge in [-0.05, 0) is 73.1 Å². The highest BCUT2D eigenvalue weighted by Gasteiger charge is 2.62. The van der Waals surface area contributed by atoms with Crippen molar-refractivity contribution in [3.05, 3.63) is 58.6 Å². The van der Waals surface area contributed by atoms with Crippen LogP contribution < -0.4 is 5.32 Å².